The Morgan fingerprint density at radius 2 is 2.05 bits per heavy atom. The zero-order chi connectivity index (χ0) is 15.3. The van der Waals surface area contributed by atoms with E-state index in [4.69, 9.17) is 4.74 Å². The number of amides is 2. The van der Waals surface area contributed by atoms with Crippen molar-refractivity contribution in [2.75, 3.05) is 34.4 Å². The second kappa shape index (κ2) is 7.20. The maximum absolute atomic E-state index is 11.9. The van der Waals surface area contributed by atoms with E-state index in [2.05, 4.69) is 5.32 Å². The van der Waals surface area contributed by atoms with E-state index in [-0.39, 0.29) is 23.2 Å². The average Bonchev–Trinajstić information content (AvgIpc) is 2.66. The van der Waals surface area contributed by atoms with Crippen molar-refractivity contribution in [3.63, 3.8) is 0 Å². The van der Waals surface area contributed by atoms with Crippen LogP contribution >= 0.6 is 11.3 Å². The number of carbonyl (C=O) groups is 2. The molecule has 7 nitrogen and oxygen atoms in total. The fourth-order valence-electron chi connectivity index (χ4n) is 1.49. The van der Waals surface area contributed by atoms with Crippen LogP contribution in [-0.2, 0) is 16.1 Å². The molecule has 1 heterocycles. The Morgan fingerprint density at radius 3 is 2.60 bits per heavy atom. The standard InChI is InChI=1S/C12H19N3O4S/c1-8-10(11(17)13-5-6-19-4)20-12(18)15(8)7-9(16)14(2)3/h5-7H2,1-4H3,(H,13,17). The van der Waals surface area contributed by atoms with E-state index in [1.165, 1.54) is 9.47 Å². The van der Waals surface area contributed by atoms with E-state index < -0.39 is 0 Å². The van der Waals surface area contributed by atoms with Gasteiger partial charge in [0.25, 0.3) is 5.91 Å². The molecule has 0 spiro atoms. The maximum Gasteiger partial charge on any atom is 0.308 e. The Kier molecular flexibility index (Phi) is 5.90. The summed E-state index contributed by atoms with van der Waals surface area (Å²) in [4.78, 5) is 36.9. The summed E-state index contributed by atoms with van der Waals surface area (Å²) >= 11 is 0.845. The van der Waals surface area contributed by atoms with Crippen LogP contribution in [0.25, 0.3) is 0 Å². The highest BCUT2D eigenvalue weighted by Gasteiger charge is 2.19. The molecule has 0 radical (unpaired) electrons. The number of aromatic nitrogens is 1. The summed E-state index contributed by atoms with van der Waals surface area (Å²) in [5.41, 5.74) is 0.505. The largest absolute Gasteiger partial charge is 0.383 e. The number of likely N-dealkylation sites (N-methyl/N-ethyl adjacent to an activating group) is 1. The number of carbonyl (C=O) groups excluding carboxylic acids is 2. The molecule has 1 aromatic rings. The van der Waals surface area contributed by atoms with Crippen molar-refractivity contribution < 1.29 is 14.3 Å². The molecule has 0 saturated heterocycles. The Morgan fingerprint density at radius 1 is 1.40 bits per heavy atom. The van der Waals surface area contributed by atoms with Gasteiger partial charge in [-0.15, -0.1) is 0 Å². The molecule has 20 heavy (non-hydrogen) atoms. The lowest BCUT2D eigenvalue weighted by Gasteiger charge is -2.11. The second-order valence-electron chi connectivity index (χ2n) is 4.41. The average molecular weight is 301 g/mol. The molecule has 0 aromatic carbocycles. The predicted octanol–water partition coefficient (Wildman–Crippen LogP) is -0.317. The lowest BCUT2D eigenvalue weighted by molar-refractivity contribution is -0.129. The topological polar surface area (TPSA) is 80.6 Å². The Bertz CT molecular complexity index is 547. The van der Waals surface area contributed by atoms with Gasteiger partial charge < -0.3 is 15.0 Å². The Balaban J connectivity index is 2.89. The number of hydrogen-bond donors (Lipinski definition) is 1. The molecule has 0 aliphatic rings. The minimum Gasteiger partial charge on any atom is -0.383 e. The van der Waals surface area contributed by atoms with Gasteiger partial charge in [-0.25, -0.2) is 0 Å². The van der Waals surface area contributed by atoms with Crippen molar-refractivity contribution in [2.24, 2.45) is 0 Å². The third kappa shape index (κ3) is 3.91. The summed E-state index contributed by atoms with van der Waals surface area (Å²) in [6.07, 6.45) is 0. The van der Waals surface area contributed by atoms with Crippen LogP contribution in [0, 0.1) is 6.92 Å². The summed E-state index contributed by atoms with van der Waals surface area (Å²) in [5, 5.41) is 2.66. The van der Waals surface area contributed by atoms with E-state index in [1.807, 2.05) is 0 Å². The minimum atomic E-state index is -0.322. The fourth-order valence-corrected chi connectivity index (χ4v) is 2.40. The van der Waals surface area contributed by atoms with Crippen LogP contribution in [0.3, 0.4) is 0 Å². The number of thiazole rings is 1. The summed E-state index contributed by atoms with van der Waals surface area (Å²) in [6.45, 7) is 2.38. The van der Waals surface area contributed by atoms with Crippen molar-refractivity contribution in [2.45, 2.75) is 13.5 Å². The highest BCUT2D eigenvalue weighted by Crippen LogP contribution is 2.11. The van der Waals surface area contributed by atoms with Crippen LogP contribution in [-0.4, -0.2) is 55.6 Å². The highest BCUT2D eigenvalue weighted by molar-refractivity contribution is 7.11. The first-order valence-corrected chi connectivity index (χ1v) is 6.87. The van der Waals surface area contributed by atoms with Crippen molar-refractivity contribution in [1.82, 2.24) is 14.8 Å². The van der Waals surface area contributed by atoms with Crippen molar-refractivity contribution in [3.05, 3.63) is 20.2 Å². The fraction of sp³-hybridized carbons (Fsp3) is 0.583. The molecule has 1 rings (SSSR count). The summed E-state index contributed by atoms with van der Waals surface area (Å²) < 4.78 is 6.16. The van der Waals surface area contributed by atoms with Crippen LogP contribution in [0.4, 0.5) is 0 Å². The Hall–Kier alpha value is -1.67. The minimum absolute atomic E-state index is 0.0560. The van der Waals surface area contributed by atoms with Crippen LogP contribution < -0.4 is 10.2 Å². The normalized spacial score (nSPS) is 10.4. The molecule has 0 saturated carbocycles. The van der Waals surface area contributed by atoms with Gasteiger partial charge in [-0.2, -0.15) is 0 Å². The van der Waals surface area contributed by atoms with Gasteiger partial charge in [0.15, 0.2) is 0 Å². The van der Waals surface area contributed by atoms with Gasteiger partial charge in [0.2, 0.25) is 5.91 Å². The molecule has 8 heteroatoms. The van der Waals surface area contributed by atoms with Crippen molar-refractivity contribution in [1.29, 1.82) is 0 Å². The molecular formula is C12H19N3O4S. The van der Waals surface area contributed by atoms with E-state index >= 15 is 0 Å². The molecule has 0 aliphatic carbocycles. The van der Waals surface area contributed by atoms with Gasteiger partial charge in [-0.05, 0) is 6.92 Å². The molecule has 1 aromatic heterocycles. The van der Waals surface area contributed by atoms with E-state index in [0.29, 0.717) is 23.7 Å². The first-order chi connectivity index (χ1) is 9.38. The molecule has 0 fully saturated rings. The summed E-state index contributed by atoms with van der Waals surface area (Å²) in [5.74, 6) is -0.517. The molecule has 0 unspecified atom stereocenters. The maximum atomic E-state index is 11.9. The number of rotatable bonds is 6. The first kappa shape index (κ1) is 16.4. The molecule has 0 atom stereocenters. The van der Waals surface area contributed by atoms with Crippen LogP contribution in [0.5, 0.6) is 0 Å². The van der Waals surface area contributed by atoms with E-state index in [0.717, 1.165) is 11.3 Å². The third-order valence-corrected chi connectivity index (χ3v) is 3.81. The lowest BCUT2D eigenvalue weighted by Crippen LogP contribution is -2.30. The number of nitrogens with one attached hydrogen (secondary N) is 1. The van der Waals surface area contributed by atoms with Gasteiger partial charge in [0.05, 0.1) is 6.61 Å². The van der Waals surface area contributed by atoms with Crippen molar-refractivity contribution >= 4 is 23.2 Å². The molecule has 0 bridgehead atoms. The lowest BCUT2D eigenvalue weighted by atomic mass is 10.3. The van der Waals surface area contributed by atoms with Gasteiger partial charge in [-0.3, -0.25) is 19.0 Å². The second-order valence-corrected chi connectivity index (χ2v) is 5.37. The zero-order valence-corrected chi connectivity index (χ0v) is 12.9. The van der Waals surface area contributed by atoms with E-state index in [9.17, 15) is 14.4 Å². The van der Waals surface area contributed by atoms with Gasteiger partial charge in [0.1, 0.15) is 11.4 Å². The number of ether oxygens (including phenoxy) is 1. The molecule has 2 amide bonds. The smallest absolute Gasteiger partial charge is 0.308 e. The molecule has 112 valence electrons. The number of methoxy groups -OCH3 is 1. The monoisotopic (exact) mass is 301 g/mol. The van der Waals surface area contributed by atoms with Crippen molar-refractivity contribution in [3.8, 4) is 0 Å². The van der Waals surface area contributed by atoms with Gasteiger partial charge in [0, 0.05) is 33.4 Å². The van der Waals surface area contributed by atoms with Crippen LogP contribution in [0.2, 0.25) is 0 Å². The highest BCUT2D eigenvalue weighted by atomic mass is 32.1. The Labute approximate surface area is 121 Å². The number of nitrogens with zero attached hydrogens (tertiary/aromatic N) is 2. The summed E-state index contributed by atoms with van der Waals surface area (Å²) in [7, 11) is 4.78. The number of hydrogen-bond acceptors (Lipinski definition) is 5. The zero-order valence-electron chi connectivity index (χ0n) is 12.1. The predicted molar refractivity (Wildman–Crippen MR) is 76.2 cm³/mol. The van der Waals surface area contributed by atoms with Crippen LogP contribution in [0.1, 0.15) is 15.4 Å². The molecule has 1 N–H and O–H groups in total. The van der Waals surface area contributed by atoms with E-state index in [1.54, 1.807) is 28.1 Å². The summed E-state index contributed by atoms with van der Waals surface area (Å²) in [6, 6.07) is 0. The third-order valence-electron chi connectivity index (χ3n) is 2.73. The van der Waals surface area contributed by atoms with Crippen LogP contribution in [0.15, 0.2) is 4.79 Å². The van der Waals surface area contributed by atoms with Gasteiger partial charge >= 0.3 is 4.87 Å². The quantitative estimate of drug-likeness (QED) is 0.730. The first-order valence-electron chi connectivity index (χ1n) is 6.06. The van der Waals surface area contributed by atoms with Gasteiger partial charge in [-0.1, -0.05) is 11.3 Å². The SMILES string of the molecule is COCCNC(=O)c1sc(=O)n(CC(=O)N(C)C)c1C. The molecular weight excluding hydrogens is 282 g/mol. The molecule has 0 aliphatic heterocycles.